The minimum Gasteiger partial charge on any atom is -0.507 e. The van der Waals surface area contributed by atoms with Gasteiger partial charge in [-0.15, -0.1) is 0 Å². The van der Waals surface area contributed by atoms with Crippen LogP contribution in [0.5, 0.6) is 5.75 Å². The smallest absolute Gasteiger partial charge is 0.260 e. The summed E-state index contributed by atoms with van der Waals surface area (Å²) in [6.07, 6.45) is -0.688. The molecule has 1 spiro atoms. The molecule has 0 saturated heterocycles. The molecule has 11 nitrogen and oxygen atoms in total. The van der Waals surface area contributed by atoms with Gasteiger partial charge in [0.2, 0.25) is 5.78 Å². The third-order valence-corrected chi connectivity index (χ3v) is 8.19. The first-order valence-electron chi connectivity index (χ1n) is 11.7. The van der Waals surface area contributed by atoms with Crippen molar-refractivity contribution >= 4 is 53.5 Å². The lowest BCUT2D eigenvalue weighted by molar-refractivity contribution is -0.129. The Morgan fingerprint density at radius 2 is 1.84 bits per heavy atom. The Kier molecular flexibility index (Phi) is 4.69. The van der Waals surface area contributed by atoms with Gasteiger partial charge in [-0.2, -0.15) is 0 Å². The molecule has 190 valence electrons. The average Bonchev–Trinajstić information content (AvgIpc) is 3.40. The van der Waals surface area contributed by atoms with E-state index in [1.54, 1.807) is 7.85 Å². The predicted octanol–water partition coefficient (Wildman–Crippen LogP) is -1.58. The fourth-order valence-corrected chi connectivity index (χ4v) is 6.49. The number of hydrogen-bond donors (Lipinski definition) is 4. The fourth-order valence-electron chi connectivity index (χ4n) is 6.49. The van der Waals surface area contributed by atoms with E-state index in [2.05, 4.69) is 4.98 Å². The van der Waals surface area contributed by atoms with Gasteiger partial charge in [-0.1, -0.05) is 5.46 Å². The maximum absolute atomic E-state index is 14.0. The summed E-state index contributed by atoms with van der Waals surface area (Å²) >= 11 is 0. The molecule has 0 aliphatic heterocycles. The summed E-state index contributed by atoms with van der Waals surface area (Å²) in [5, 5.41) is 33.6. The molecule has 0 fully saturated rings. The van der Waals surface area contributed by atoms with Crippen molar-refractivity contribution < 1.29 is 44.0 Å². The molecule has 4 N–H and O–H groups in total. The van der Waals surface area contributed by atoms with Crippen molar-refractivity contribution in [2.45, 2.75) is 24.4 Å². The molecule has 0 radical (unpaired) electrons. The molecular formula is C26H18BNO10. The molecular weight excluding hydrogens is 497 g/mol. The Morgan fingerprint density at radius 3 is 2.50 bits per heavy atom. The van der Waals surface area contributed by atoms with Crippen molar-refractivity contribution in [1.82, 2.24) is 4.98 Å². The average molecular weight is 515 g/mol. The van der Waals surface area contributed by atoms with Crippen molar-refractivity contribution in [2.75, 3.05) is 7.11 Å². The number of pyridine rings is 1. The molecule has 12 heteroatoms. The number of aldehydes is 1. The van der Waals surface area contributed by atoms with Gasteiger partial charge in [0.1, 0.15) is 24.8 Å². The number of H-pyrrole nitrogens is 1. The van der Waals surface area contributed by atoms with Crippen LogP contribution in [0.25, 0.3) is 10.8 Å². The van der Waals surface area contributed by atoms with Gasteiger partial charge in [-0.3, -0.25) is 28.8 Å². The Morgan fingerprint density at radius 1 is 1.13 bits per heavy atom. The lowest BCUT2D eigenvalue weighted by Gasteiger charge is -2.31. The van der Waals surface area contributed by atoms with Crippen LogP contribution in [0.1, 0.15) is 28.0 Å². The van der Waals surface area contributed by atoms with Gasteiger partial charge in [0.25, 0.3) is 5.56 Å². The first kappa shape index (κ1) is 23.8. The van der Waals surface area contributed by atoms with Crippen LogP contribution in [0, 0.1) is 5.92 Å². The van der Waals surface area contributed by atoms with Crippen LogP contribution >= 0.6 is 0 Å². The van der Waals surface area contributed by atoms with Crippen LogP contribution in [0.3, 0.4) is 0 Å². The van der Waals surface area contributed by atoms with Gasteiger partial charge >= 0.3 is 0 Å². The summed E-state index contributed by atoms with van der Waals surface area (Å²) in [5.74, 6) is -7.13. The van der Waals surface area contributed by atoms with Crippen molar-refractivity contribution in [1.29, 1.82) is 0 Å². The summed E-state index contributed by atoms with van der Waals surface area (Å²) in [6.45, 7) is 0. The van der Waals surface area contributed by atoms with E-state index >= 15 is 0 Å². The number of methoxy groups -OCH3 is 1. The molecule has 0 amide bonds. The second kappa shape index (κ2) is 7.48. The molecule has 4 aliphatic rings. The Balaban J connectivity index is 1.61. The monoisotopic (exact) mass is 515 g/mol. The number of phenols is 1. The zero-order valence-corrected chi connectivity index (χ0v) is 20.0. The quantitative estimate of drug-likeness (QED) is 0.207. The molecule has 2 aromatic rings. The van der Waals surface area contributed by atoms with Gasteiger partial charge in [0.05, 0.1) is 41.4 Å². The first-order valence-corrected chi connectivity index (χ1v) is 11.7. The number of rotatable bonds is 2. The van der Waals surface area contributed by atoms with Crippen molar-refractivity contribution in [3.8, 4) is 5.75 Å². The Labute approximate surface area is 213 Å². The number of aliphatic hydroxyl groups is 2. The number of phenolic OH excluding ortho intramolecular Hbond substituents is 1. The fraction of sp³-hybridized carbons (Fsp3) is 0.231. The molecule has 0 bridgehead atoms. The molecule has 1 heterocycles. The van der Waals surface area contributed by atoms with Crippen molar-refractivity contribution in [3.63, 3.8) is 0 Å². The standard InChI is InChI=1S/C26H18BNO10/c1-38-11-5-10(30)13-14(19(11)31)21(33)16-15(20(13)32)23(35)26(24(16)36)3-2-8-17(26)22(34)12-9(18(8)27)4-7(6-29)28-25(12)37/h4-6,14,21,32-34H,2-3,27H2,1H3,(H,28,37). The number of carbonyl (C=O) groups excluding carboxylic acids is 5. The number of Topliss-reactive ketones (excluding diaryl/α,β-unsaturated/α-hetero) is 3. The number of carbonyl (C=O) groups is 5. The summed E-state index contributed by atoms with van der Waals surface area (Å²) in [7, 11) is 2.78. The maximum atomic E-state index is 14.0. The van der Waals surface area contributed by atoms with Crippen LogP contribution in [-0.4, -0.2) is 70.8 Å². The van der Waals surface area contributed by atoms with Gasteiger partial charge in [-0.25, -0.2) is 0 Å². The third kappa shape index (κ3) is 2.52. The minimum atomic E-state index is -2.09. The minimum absolute atomic E-state index is 0.0246. The van der Waals surface area contributed by atoms with Crippen LogP contribution in [0.4, 0.5) is 0 Å². The third-order valence-electron chi connectivity index (χ3n) is 8.19. The first-order chi connectivity index (χ1) is 18.0. The van der Waals surface area contributed by atoms with E-state index < -0.39 is 74.4 Å². The summed E-state index contributed by atoms with van der Waals surface area (Å²) in [6, 6.07) is 1.38. The molecule has 3 atom stereocenters. The molecule has 1 aromatic heterocycles. The lowest BCUT2D eigenvalue weighted by Crippen LogP contribution is -2.43. The van der Waals surface area contributed by atoms with E-state index in [1.165, 1.54) is 6.07 Å². The zero-order chi connectivity index (χ0) is 27.4. The largest absolute Gasteiger partial charge is 0.507 e. The Hall–Kier alpha value is -4.58. The highest BCUT2D eigenvalue weighted by Gasteiger charge is 2.64. The van der Waals surface area contributed by atoms with Crippen LogP contribution < -0.4 is 11.0 Å². The lowest BCUT2D eigenvalue weighted by atomic mass is 9.72. The second-order valence-corrected chi connectivity index (χ2v) is 9.77. The highest BCUT2D eigenvalue weighted by molar-refractivity contribution is 6.42. The van der Waals surface area contributed by atoms with Crippen LogP contribution in [0.15, 0.2) is 45.2 Å². The number of aromatic amines is 1. The van der Waals surface area contributed by atoms with Crippen molar-refractivity contribution in [2.24, 2.45) is 5.92 Å². The summed E-state index contributed by atoms with van der Waals surface area (Å²) < 4.78 is 4.92. The molecule has 6 rings (SSSR count). The highest BCUT2D eigenvalue weighted by Crippen LogP contribution is 2.55. The number of ketones is 4. The number of fused-ring (bicyclic) bond motifs is 4. The predicted molar refractivity (Wildman–Crippen MR) is 131 cm³/mol. The molecule has 3 unspecified atom stereocenters. The van der Waals surface area contributed by atoms with Crippen LogP contribution in [-0.2, 0) is 35.8 Å². The topological polar surface area (TPSA) is 188 Å². The number of aromatic hydroxyl groups is 1. The second-order valence-electron chi connectivity index (χ2n) is 9.77. The van der Waals surface area contributed by atoms with Crippen LogP contribution in [0.2, 0.25) is 0 Å². The molecule has 4 aliphatic carbocycles. The number of nitrogens with one attached hydrogen (secondary N) is 1. The van der Waals surface area contributed by atoms with Gasteiger partial charge in [0, 0.05) is 17.2 Å². The van der Waals surface area contributed by atoms with Gasteiger partial charge in [0.15, 0.2) is 29.4 Å². The number of aromatic nitrogens is 1. The van der Waals surface area contributed by atoms with E-state index in [0.717, 1.165) is 13.2 Å². The summed E-state index contributed by atoms with van der Waals surface area (Å²) in [5.41, 5.74) is -3.80. The molecule has 38 heavy (non-hydrogen) atoms. The molecule has 1 aromatic carbocycles. The maximum Gasteiger partial charge on any atom is 0.260 e. The van der Waals surface area contributed by atoms with E-state index in [1.807, 2.05) is 0 Å². The van der Waals surface area contributed by atoms with E-state index in [-0.39, 0.29) is 40.6 Å². The summed E-state index contributed by atoms with van der Waals surface area (Å²) in [4.78, 5) is 80.2. The number of benzene rings is 1. The number of allylic oxidation sites excluding steroid dienone is 3. The van der Waals surface area contributed by atoms with E-state index in [0.29, 0.717) is 17.3 Å². The normalized spacial score (nSPS) is 26.2. The van der Waals surface area contributed by atoms with Crippen molar-refractivity contribution in [3.05, 3.63) is 67.6 Å². The van der Waals surface area contributed by atoms with E-state index in [4.69, 9.17) is 4.74 Å². The number of hydrogen-bond acceptors (Lipinski definition) is 10. The SMILES string of the molecule is Bc1c2c(c(O)c3c(=O)[nH]c(C=O)cc13)C1(CC2)C(=O)C2=C(C1=O)C(O)C1C(=O)C(OC)=CC(=O)C1=C2O. The van der Waals surface area contributed by atoms with E-state index in [9.17, 15) is 44.1 Å². The Bertz CT molecular complexity index is 1770. The van der Waals surface area contributed by atoms with Gasteiger partial charge in [-0.05, 0) is 29.9 Å². The number of ether oxygens (including phenoxy) is 1. The highest BCUT2D eigenvalue weighted by atomic mass is 16.5. The molecule has 0 saturated carbocycles. The van der Waals surface area contributed by atoms with Gasteiger partial charge < -0.3 is 25.0 Å². The zero-order valence-electron chi connectivity index (χ0n) is 20.0. The number of aliphatic hydroxyl groups excluding tert-OH is 2.